The first kappa shape index (κ1) is 24.2. The fourth-order valence-corrected chi connectivity index (χ4v) is 3.92. The fourth-order valence-electron chi connectivity index (χ4n) is 3.35. The van der Waals surface area contributed by atoms with E-state index in [0.29, 0.717) is 11.3 Å². The van der Waals surface area contributed by atoms with E-state index in [4.69, 9.17) is 25.6 Å². The number of ether oxygens (including phenoxy) is 2. The Morgan fingerprint density at radius 1 is 1.00 bits per heavy atom. The summed E-state index contributed by atoms with van der Waals surface area (Å²) in [6.07, 6.45) is -0.551. The third-order valence-electron chi connectivity index (χ3n) is 4.80. The molecule has 0 spiro atoms. The molecular weight excluding hydrogens is 470 g/mol. The number of rotatable bonds is 9. The minimum Gasteiger partial charge on any atom is -0.506 e. The first-order valence-electron chi connectivity index (χ1n) is 9.53. The average molecular weight is 490 g/mol. The molecule has 10 heteroatoms. The predicted octanol–water partition coefficient (Wildman–Crippen LogP) is 4.73. The Balaban J connectivity index is 2.09. The van der Waals surface area contributed by atoms with Crippen molar-refractivity contribution in [3.05, 3.63) is 70.7 Å². The van der Waals surface area contributed by atoms with Gasteiger partial charge in [-0.3, -0.25) is 18.9 Å². The van der Waals surface area contributed by atoms with Crippen molar-refractivity contribution in [2.45, 2.75) is 6.42 Å². The van der Waals surface area contributed by atoms with Crippen LogP contribution in [-0.4, -0.2) is 39.7 Å². The normalized spacial score (nSPS) is 11.5. The average Bonchev–Trinajstić information content (AvgIpc) is 2.78. The van der Waals surface area contributed by atoms with E-state index in [1.807, 2.05) is 0 Å². The molecule has 33 heavy (non-hydrogen) atoms. The van der Waals surface area contributed by atoms with Crippen molar-refractivity contribution in [1.82, 2.24) is 0 Å². The van der Waals surface area contributed by atoms with Gasteiger partial charge in [0.15, 0.2) is 11.6 Å². The molecule has 0 aromatic heterocycles. The third-order valence-corrected chi connectivity index (χ3v) is 5.54. The highest BCUT2D eigenvalue weighted by Gasteiger charge is 2.27. The molecule has 1 atom stereocenters. The van der Waals surface area contributed by atoms with Crippen LogP contribution in [0, 0.1) is 0 Å². The van der Waals surface area contributed by atoms with Crippen LogP contribution in [0.25, 0.3) is 11.1 Å². The number of anilines is 1. The molecule has 3 aromatic rings. The smallest absolute Gasteiger partial charge is 0.259 e. The van der Waals surface area contributed by atoms with Crippen LogP contribution in [0.4, 0.5) is 5.69 Å². The number of Topliss-reactive ketones (excluding diaryl/α,β-unsaturated/α-hetero) is 2. The van der Waals surface area contributed by atoms with Crippen molar-refractivity contribution < 1.29 is 32.9 Å². The fraction of sp³-hybridized carbons (Fsp3) is 0.130. The number of phenolic OH excluding ortho intramolecular Hbond substituents is 1. The molecule has 172 valence electrons. The number of phenols is 1. The lowest BCUT2D eigenvalue weighted by atomic mass is 9.94. The number of ketones is 2. The predicted molar refractivity (Wildman–Crippen MR) is 126 cm³/mol. The van der Waals surface area contributed by atoms with E-state index < -0.39 is 35.0 Å². The highest BCUT2D eigenvalue weighted by Crippen LogP contribution is 2.45. The monoisotopic (exact) mass is 489 g/mol. The quantitative estimate of drug-likeness (QED) is 0.225. The van der Waals surface area contributed by atoms with Gasteiger partial charge in [0.2, 0.25) is 0 Å². The Bertz CT molecular complexity index is 1250. The number of nitrogens with one attached hydrogen (secondary N) is 1. The van der Waals surface area contributed by atoms with Gasteiger partial charge in [-0.2, -0.15) is 0 Å². The summed E-state index contributed by atoms with van der Waals surface area (Å²) in [5.74, 6) is -1.42. The lowest BCUT2D eigenvalue weighted by Crippen LogP contribution is -2.11. The standard InChI is InChI=1S/C23H20ClNO7S/c1-31-19-12-20(32-2)22(18(27)11-17(26)15-8-3-4-9-16(15)24)23(28)21(19)13-6-5-7-14(10-13)25-33(29)30/h3-10,12,25,28H,11H2,1-2H3,(H,29,30). The van der Waals surface area contributed by atoms with E-state index in [-0.39, 0.29) is 33.2 Å². The maximum absolute atomic E-state index is 13.1. The molecule has 0 amide bonds. The zero-order chi connectivity index (χ0) is 24.1. The van der Waals surface area contributed by atoms with E-state index in [0.717, 1.165) is 0 Å². The maximum atomic E-state index is 13.1. The Hall–Kier alpha value is -3.40. The Morgan fingerprint density at radius 2 is 1.70 bits per heavy atom. The molecule has 3 rings (SSSR count). The van der Waals surface area contributed by atoms with Crippen molar-refractivity contribution in [3.8, 4) is 28.4 Å². The van der Waals surface area contributed by atoms with Gasteiger partial charge in [0.05, 0.1) is 31.2 Å². The van der Waals surface area contributed by atoms with Crippen LogP contribution >= 0.6 is 11.6 Å². The lowest BCUT2D eigenvalue weighted by molar-refractivity contribution is 0.0891. The molecule has 0 aliphatic carbocycles. The van der Waals surface area contributed by atoms with Crippen LogP contribution in [0.1, 0.15) is 27.1 Å². The largest absolute Gasteiger partial charge is 0.506 e. The van der Waals surface area contributed by atoms with E-state index >= 15 is 0 Å². The van der Waals surface area contributed by atoms with Crippen molar-refractivity contribution in [2.75, 3.05) is 18.9 Å². The van der Waals surface area contributed by atoms with Crippen molar-refractivity contribution in [1.29, 1.82) is 0 Å². The summed E-state index contributed by atoms with van der Waals surface area (Å²) < 4.78 is 33.2. The number of benzene rings is 3. The summed E-state index contributed by atoms with van der Waals surface area (Å²) in [7, 11) is 2.70. The molecule has 0 heterocycles. The first-order chi connectivity index (χ1) is 15.8. The van der Waals surface area contributed by atoms with Crippen LogP contribution in [0.2, 0.25) is 5.02 Å². The number of methoxy groups -OCH3 is 2. The molecular formula is C23H20ClNO7S. The molecule has 3 N–H and O–H groups in total. The second-order valence-electron chi connectivity index (χ2n) is 6.81. The summed E-state index contributed by atoms with van der Waals surface area (Å²) in [6.45, 7) is 0. The molecule has 3 aromatic carbocycles. The van der Waals surface area contributed by atoms with Crippen LogP contribution in [0.15, 0.2) is 54.6 Å². The maximum Gasteiger partial charge on any atom is 0.259 e. The summed E-state index contributed by atoms with van der Waals surface area (Å²) in [5.41, 5.74) is 0.841. The van der Waals surface area contributed by atoms with Gasteiger partial charge in [0.25, 0.3) is 11.3 Å². The van der Waals surface area contributed by atoms with E-state index in [1.54, 1.807) is 36.4 Å². The number of hydrogen-bond donors (Lipinski definition) is 3. The highest BCUT2D eigenvalue weighted by atomic mass is 35.5. The van der Waals surface area contributed by atoms with Gasteiger partial charge < -0.3 is 14.6 Å². The van der Waals surface area contributed by atoms with Crippen LogP contribution in [0.5, 0.6) is 17.2 Å². The van der Waals surface area contributed by atoms with Gasteiger partial charge in [-0.25, -0.2) is 4.21 Å². The van der Waals surface area contributed by atoms with E-state index in [1.165, 1.54) is 32.4 Å². The highest BCUT2D eigenvalue weighted by molar-refractivity contribution is 7.80. The Kier molecular flexibility index (Phi) is 7.70. The minimum atomic E-state index is -2.30. The molecule has 8 nitrogen and oxygen atoms in total. The summed E-state index contributed by atoms with van der Waals surface area (Å²) >= 11 is 3.76. The van der Waals surface area contributed by atoms with Gasteiger partial charge in [0.1, 0.15) is 22.8 Å². The molecule has 0 saturated heterocycles. The number of aromatic hydroxyl groups is 1. The van der Waals surface area contributed by atoms with E-state index in [2.05, 4.69) is 4.72 Å². The van der Waals surface area contributed by atoms with Gasteiger partial charge in [-0.05, 0) is 29.8 Å². The number of carbonyl (C=O) groups is 2. The Morgan fingerprint density at radius 3 is 2.33 bits per heavy atom. The second kappa shape index (κ2) is 10.5. The van der Waals surface area contributed by atoms with Gasteiger partial charge in [-0.15, -0.1) is 0 Å². The summed E-state index contributed by atoms with van der Waals surface area (Å²) in [6, 6.07) is 14.1. The van der Waals surface area contributed by atoms with Gasteiger partial charge in [0, 0.05) is 17.3 Å². The zero-order valence-electron chi connectivity index (χ0n) is 17.6. The lowest BCUT2D eigenvalue weighted by Gasteiger charge is -2.17. The Labute approximate surface area is 197 Å². The summed E-state index contributed by atoms with van der Waals surface area (Å²) in [4.78, 5) is 25.8. The molecule has 0 aliphatic rings. The topological polar surface area (TPSA) is 122 Å². The third kappa shape index (κ3) is 5.33. The zero-order valence-corrected chi connectivity index (χ0v) is 19.2. The second-order valence-corrected chi connectivity index (χ2v) is 7.92. The van der Waals surface area contributed by atoms with Crippen LogP contribution in [0.3, 0.4) is 0 Å². The van der Waals surface area contributed by atoms with E-state index in [9.17, 15) is 18.9 Å². The van der Waals surface area contributed by atoms with Crippen LogP contribution < -0.4 is 14.2 Å². The number of halogens is 1. The molecule has 0 saturated carbocycles. The van der Waals surface area contributed by atoms with Crippen molar-refractivity contribution in [2.24, 2.45) is 0 Å². The SMILES string of the molecule is COc1cc(OC)c(-c2cccc(NS(=O)O)c2)c(O)c1C(=O)CC(=O)c1ccccc1Cl. The molecule has 0 radical (unpaired) electrons. The summed E-state index contributed by atoms with van der Waals surface area (Å²) in [5, 5.41) is 11.3. The minimum absolute atomic E-state index is 0.0239. The van der Waals surface area contributed by atoms with Gasteiger partial charge >= 0.3 is 0 Å². The van der Waals surface area contributed by atoms with Crippen molar-refractivity contribution in [3.63, 3.8) is 0 Å². The van der Waals surface area contributed by atoms with Crippen LogP contribution in [-0.2, 0) is 11.3 Å². The molecule has 0 bridgehead atoms. The van der Waals surface area contributed by atoms with Gasteiger partial charge in [-0.1, -0.05) is 35.9 Å². The molecule has 0 fully saturated rings. The molecule has 0 aliphatic heterocycles. The number of carbonyl (C=O) groups excluding carboxylic acids is 2. The first-order valence-corrected chi connectivity index (χ1v) is 11.0. The molecule has 1 unspecified atom stereocenters. The number of hydrogen-bond acceptors (Lipinski definition) is 6. The van der Waals surface area contributed by atoms with Crippen molar-refractivity contribution >= 4 is 40.1 Å².